The molecule has 68 heavy (non-hydrogen) atoms. The fourth-order valence-corrected chi connectivity index (χ4v) is 11.1. The van der Waals surface area contributed by atoms with E-state index in [1.807, 2.05) is 32.0 Å². The maximum Gasteiger partial charge on any atom is 0.325 e. The summed E-state index contributed by atoms with van der Waals surface area (Å²) in [5.41, 5.74) is 6.07. The average molecular weight is 931 g/mol. The maximum atomic E-state index is 12.9. The standard InChI is InChI=1S/C54H74N8O6/c1-36(2)67-51-45(18-11-27-56-51)47(53(63)64)61-29-24-38(34-61)13-7-5-9-17-44-23-21-42-32-40(33-58-50(42)60-44)31-37(3)68-52-46(19-12-28-57-52)48(54(65)66)62-30-25-39(35-62)14-6-4-8-16-43-22-20-41-15-10-26-55-49(41)59-43/h11-12,18-23,27-28,36-40,47-48H,4-10,13-17,24-26,29-35H2,1-3H3,(H,55,59)(H,58,60)(H,63,64)(H,65,66)/t37?,38-,39-,40?,47-,48+/m1/s1. The van der Waals surface area contributed by atoms with E-state index >= 15 is 0 Å². The van der Waals surface area contributed by atoms with Crippen LogP contribution in [0.15, 0.2) is 60.9 Å². The number of aliphatic carboxylic acids is 2. The van der Waals surface area contributed by atoms with Crippen molar-refractivity contribution in [2.24, 2.45) is 17.8 Å². The molecule has 6 atom stereocenters. The number of nitrogens with zero attached hydrogens (tertiary/aromatic N) is 6. The molecular formula is C54H74N8O6. The molecule has 4 aromatic rings. The number of aromatic nitrogens is 4. The van der Waals surface area contributed by atoms with Crippen LogP contribution in [-0.4, -0.2) is 103 Å². The Labute approximate surface area is 403 Å². The molecule has 4 aliphatic rings. The first-order valence-electron chi connectivity index (χ1n) is 25.7. The van der Waals surface area contributed by atoms with Gasteiger partial charge in [0.2, 0.25) is 11.8 Å². The lowest BCUT2D eigenvalue weighted by molar-refractivity contribution is -0.144. The van der Waals surface area contributed by atoms with Gasteiger partial charge in [0, 0.05) is 61.1 Å². The first-order chi connectivity index (χ1) is 33.1. The highest BCUT2D eigenvalue weighted by Crippen LogP contribution is 2.37. The largest absolute Gasteiger partial charge is 0.480 e. The Morgan fingerprint density at radius 3 is 1.82 bits per heavy atom. The molecule has 8 heterocycles. The molecule has 14 heteroatoms. The third-order valence-electron chi connectivity index (χ3n) is 14.5. The summed E-state index contributed by atoms with van der Waals surface area (Å²) in [5.74, 6) is 2.45. The fourth-order valence-electron chi connectivity index (χ4n) is 11.1. The second kappa shape index (κ2) is 23.8. The normalized spacial score (nSPS) is 20.7. The highest BCUT2D eigenvalue weighted by atomic mass is 16.5. The van der Waals surface area contributed by atoms with Crippen molar-refractivity contribution in [1.82, 2.24) is 29.7 Å². The number of likely N-dealkylation sites (tertiary alicyclic amines) is 2. The van der Waals surface area contributed by atoms with Crippen molar-refractivity contribution in [3.8, 4) is 11.8 Å². The van der Waals surface area contributed by atoms with Crippen LogP contribution in [-0.2, 0) is 35.3 Å². The van der Waals surface area contributed by atoms with Crippen molar-refractivity contribution >= 4 is 23.6 Å². The Kier molecular flexibility index (Phi) is 17.2. The molecule has 0 spiro atoms. The van der Waals surface area contributed by atoms with Crippen LogP contribution >= 0.6 is 0 Å². The third-order valence-corrected chi connectivity index (χ3v) is 14.5. The van der Waals surface area contributed by atoms with E-state index in [0.717, 1.165) is 153 Å². The molecule has 2 unspecified atom stereocenters. The number of aryl methyl sites for hydroxylation is 3. The number of carbonyl (C=O) groups is 2. The van der Waals surface area contributed by atoms with Crippen molar-refractivity contribution in [2.45, 2.75) is 148 Å². The Balaban J connectivity index is 0.743. The minimum Gasteiger partial charge on any atom is -0.480 e. The van der Waals surface area contributed by atoms with Crippen LogP contribution in [0.3, 0.4) is 0 Å². The number of hydrogen-bond acceptors (Lipinski definition) is 12. The van der Waals surface area contributed by atoms with Crippen molar-refractivity contribution < 1.29 is 29.3 Å². The van der Waals surface area contributed by atoms with Gasteiger partial charge in [-0.3, -0.25) is 19.4 Å². The van der Waals surface area contributed by atoms with Gasteiger partial charge in [0.15, 0.2) is 0 Å². The average Bonchev–Trinajstić information content (AvgIpc) is 3.99. The molecule has 366 valence electrons. The number of hydrogen-bond donors (Lipinski definition) is 4. The number of anilines is 2. The van der Waals surface area contributed by atoms with E-state index in [2.05, 4.69) is 61.6 Å². The van der Waals surface area contributed by atoms with Crippen molar-refractivity contribution in [2.75, 3.05) is 49.9 Å². The SMILES string of the molecule is CC(C)Oc1ncccc1[C@H](C(=O)O)N1CC[C@@H](CCCCCc2ccc3c(n2)NCC(CC(C)Oc2ncccc2[C@@H](C(=O)O)N2CC[C@@H](CCCCCc4ccc5c(n4)NCCC5)C2)C3)C1. The van der Waals surface area contributed by atoms with Gasteiger partial charge in [0.1, 0.15) is 23.7 Å². The predicted octanol–water partition coefficient (Wildman–Crippen LogP) is 9.36. The fraction of sp³-hybridized carbons (Fsp3) is 0.593. The molecular weight excluding hydrogens is 857 g/mol. The smallest absolute Gasteiger partial charge is 0.325 e. The first-order valence-corrected chi connectivity index (χ1v) is 25.7. The number of nitrogens with one attached hydrogen (secondary N) is 2. The summed E-state index contributed by atoms with van der Waals surface area (Å²) in [6.45, 7) is 10.8. The van der Waals surface area contributed by atoms with Gasteiger partial charge in [-0.25, -0.2) is 19.9 Å². The van der Waals surface area contributed by atoms with Crippen LogP contribution in [0.4, 0.5) is 11.6 Å². The number of ether oxygens (including phenoxy) is 2. The van der Waals surface area contributed by atoms with E-state index in [0.29, 0.717) is 40.6 Å². The van der Waals surface area contributed by atoms with Gasteiger partial charge in [0.25, 0.3) is 0 Å². The Bertz CT molecular complexity index is 2290. The zero-order valence-electron chi connectivity index (χ0n) is 40.6. The zero-order valence-corrected chi connectivity index (χ0v) is 40.6. The molecule has 4 aliphatic heterocycles. The van der Waals surface area contributed by atoms with Gasteiger partial charge in [-0.1, -0.05) is 37.8 Å². The summed E-state index contributed by atoms with van der Waals surface area (Å²) in [5, 5.41) is 27.8. The van der Waals surface area contributed by atoms with Gasteiger partial charge >= 0.3 is 11.9 Å². The summed E-state index contributed by atoms with van der Waals surface area (Å²) in [4.78, 5) is 48.4. The molecule has 0 saturated carbocycles. The molecule has 4 aromatic heterocycles. The van der Waals surface area contributed by atoms with Gasteiger partial charge in [-0.15, -0.1) is 0 Å². The number of pyridine rings is 4. The highest BCUT2D eigenvalue weighted by Gasteiger charge is 2.37. The molecule has 0 bridgehead atoms. The van der Waals surface area contributed by atoms with Crippen LogP contribution < -0.4 is 20.1 Å². The molecule has 2 fully saturated rings. The molecule has 2 saturated heterocycles. The molecule has 0 amide bonds. The second-order valence-corrected chi connectivity index (χ2v) is 20.2. The van der Waals surface area contributed by atoms with Crippen LogP contribution in [0.25, 0.3) is 0 Å². The van der Waals surface area contributed by atoms with Crippen LogP contribution in [0.5, 0.6) is 11.8 Å². The third kappa shape index (κ3) is 13.0. The van der Waals surface area contributed by atoms with E-state index in [-0.39, 0.29) is 12.2 Å². The van der Waals surface area contributed by atoms with Crippen LogP contribution in [0.2, 0.25) is 0 Å². The molecule has 0 radical (unpaired) electrons. The summed E-state index contributed by atoms with van der Waals surface area (Å²) in [6.07, 6.45) is 19.9. The Morgan fingerprint density at radius 2 is 1.25 bits per heavy atom. The molecule has 8 rings (SSSR count). The molecule has 0 aliphatic carbocycles. The van der Waals surface area contributed by atoms with E-state index < -0.39 is 24.0 Å². The number of fused-ring (bicyclic) bond motifs is 2. The number of carboxylic acid groups (broad SMARTS) is 2. The zero-order chi connectivity index (χ0) is 47.4. The van der Waals surface area contributed by atoms with E-state index in [9.17, 15) is 19.8 Å². The van der Waals surface area contributed by atoms with Crippen LogP contribution in [0, 0.1) is 17.8 Å². The van der Waals surface area contributed by atoms with Crippen molar-refractivity contribution in [3.63, 3.8) is 0 Å². The monoisotopic (exact) mass is 931 g/mol. The van der Waals surface area contributed by atoms with Gasteiger partial charge in [-0.2, -0.15) is 0 Å². The predicted molar refractivity (Wildman–Crippen MR) is 264 cm³/mol. The van der Waals surface area contributed by atoms with E-state index in [4.69, 9.17) is 19.4 Å². The van der Waals surface area contributed by atoms with Gasteiger partial charge in [0.05, 0.1) is 12.2 Å². The lowest BCUT2D eigenvalue weighted by Gasteiger charge is -2.29. The van der Waals surface area contributed by atoms with Gasteiger partial charge < -0.3 is 30.3 Å². The first kappa shape index (κ1) is 49.1. The number of rotatable bonds is 24. The van der Waals surface area contributed by atoms with Crippen LogP contribution in [0.1, 0.15) is 144 Å². The molecule has 14 nitrogen and oxygen atoms in total. The lowest BCUT2D eigenvalue weighted by atomic mass is 9.91. The summed E-state index contributed by atoms with van der Waals surface area (Å²) in [7, 11) is 0. The molecule has 0 aromatic carbocycles. The maximum absolute atomic E-state index is 12.9. The number of unbranched alkanes of at least 4 members (excludes halogenated alkanes) is 4. The van der Waals surface area contributed by atoms with Gasteiger partial charge in [-0.05, 0) is 176 Å². The number of carboxylic acids is 2. The summed E-state index contributed by atoms with van der Waals surface area (Å²) < 4.78 is 12.4. The minimum absolute atomic E-state index is 0.0882. The minimum atomic E-state index is -0.864. The quantitative estimate of drug-likeness (QED) is 0.0489. The Morgan fingerprint density at radius 1 is 0.691 bits per heavy atom. The topological polar surface area (TPSA) is 175 Å². The van der Waals surface area contributed by atoms with Crippen molar-refractivity contribution in [3.05, 3.63) is 94.6 Å². The summed E-state index contributed by atoms with van der Waals surface area (Å²) >= 11 is 0. The van der Waals surface area contributed by atoms with E-state index in [1.165, 1.54) is 23.2 Å². The Hall–Kier alpha value is -5.34. The second-order valence-electron chi connectivity index (χ2n) is 20.2. The summed E-state index contributed by atoms with van der Waals surface area (Å²) in [6, 6.07) is 14.6. The molecule has 4 N–H and O–H groups in total. The lowest BCUT2D eigenvalue weighted by Crippen LogP contribution is -2.33. The highest BCUT2D eigenvalue weighted by molar-refractivity contribution is 5.77. The van der Waals surface area contributed by atoms with E-state index in [1.54, 1.807) is 18.5 Å². The van der Waals surface area contributed by atoms with Crippen molar-refractivity contribution in [1.29, 1.82) is 0 Å².